The van der Waals surface area contributed by atoms with Crippen molar-refractivity contribution in [3.63, 3.8) is 0 Å². The third kappa shape index (κ3) is 1.97. The van der Waals surface area contributed by atoms with Crippen molar-refractivity contribution in [3.05, 3.63) is 24.4 Å². The van der Waals surface area contributed by atoms with Gasteiger partial charge in [-0.3, -0.25) is 0 Å². The molecule has 1 aromatic heterocycles. The fourth-order valence-electron chi connectivity index (χ4n) is 2.69. The van der Waals surface area contributed by atoms with Crippen molar-refractivity contribution in [1.29, 1.82) is 0 Å². The maximum Gasteiger partial charge on any atom is 0.213 e. The molecule has 2 aliphatic rings. The van der Waals surface area contributed by atoms with Gasteiger partial charge in [-0.25, -0.2) is 4.98 Å². The lowest BCUT2D eigenvalue weighted by atomic mass is 10.0. The zero-order valence-electron chi connectivity index (χ0n) is 8.73. The third-order valence-electron chi connectivity index (χ3n) is 3.35. The molecule has 3 heteroatoms. The van der Waals surface area contributed by atoms with E-state index in [-0.39, 0.29) is 0 Å². The number of pyridine rings is 1. The minimum Gasteiger partial charge on any atom is -0.474 e. The van der Waals surface area contributed by atoms with E-state index in [0.29, 0.717) is 18.2 Å². The number of hydrogen-bond donors (Lipinski definition) is 1. The fourth-order valence-corrected chi connectivity index (χ4v) is 2.69. The second-order valence-corrected chi connectivity index (χ2v) is 4.52. The lowest BCUT2D eigenvalue weighted by Crippen LogP contribution is -2.42. The minimum atomic E-state index is 0.360. The number of rotatable bonds is 2. The van der Waals surface area contributed by atoms with Crippen LogP contribution in [0.5, 0.6) is 5.88 Å². The van der Waals surface area contributed by atoms with Crippen LogP contribution in [0.2, 0.25) is 0 Å². The van der Waals surface area contributed by atoms with Gasteiger partial charge in [-0.05, 0) is 31.7 Å². The van der Waals surface area contributed by atoms with Crippen LogP contribution in [0.3, 0.4) is 0 Å². The topological polar surface area (TPSA) is 34.1 Å². The van der Waals surface area contributed by atoms with Crippen LogP contribution in [0.4, 0.5) is 0 Å². The highest BCUT2D eigenvalue weighted by Crippen LogP contribution is 2.28. The van der Waals surface area contributed by atoms with Crippen molar-refractivity contribution < 1.29 is 4.74 Å². The normalized spacial score (nSPS) is 34.0. The smallest absolute Gasteiger partial charge is 0.213 e. The van der Waals surface area contributed by atoms with Gasteiger partial charge in [0.15, 0.2) is 0 Å². The largest absolute Gasteiger partial charge is 0.474 e. The first-order valence-corrected chi connectivity index (χ1v) is 5.74. The van der Waals surface area contributed by atoms with E-state index in [1.807, 2.05) is 18.2 Å². The molecule has 0 aliphatic carbocycles. The molecule has 3 nitrogen and oxygen atoms in total. The summed E-state index contributed by atoms with van der Waals surface area (Å²) in [5, 5.41) is 3.61. The zero-order valence-corrected chi connectivity index (χ0v) is 8.73. The van der Waals surface area contributed by atoms with E-state index in [4.69, 9.17) is 4.74 Å². The molecular formula is C12H16N2O. The average Bonchev–Trinajstić information content (AvgIpc) is 2.60. The third-order valence-corrected chi connectivity index (χ3v) is 3.35. The summed E-state index contributed by atoms with van der Waals surface area (Å²) < 4.78 is 5.88. The first-order chi connectivity index (χ1) is 7.40. The molecule has 2 unspecified atom stereocenters. The number of ether oxygens (including phenoxy) is 1. The van der Waals surface area contributed by atoms with Gasteiger partial charge in [0.2, 0.25) is 5.88 Å². The average molecular weight is 204 g/mol. The van der Waals surface area contributed by atoms with E-state index in [1.54, 1.807) is 6.20 Å². The Morgan fingerprint density at radius 3 is 2.67 bits per heavy atom. The minimum absolute atomic E-state index is 0.360. The predicted molar refractivity (Wildman–Crippen MR) is 57.8 cm³/mol. The van der Waals surface area contributed by atoms with Crippen molar-refractivity contribution >= 4 is 0 Å². The molecule has 2 saturated heterocycles. The van der Waals surface area contributed by atoms with Gasteiger partial charge < -0.3 is 10.1 Å². The van der Waals surface area contributed by atoms with E-state index < -0.39 is 0 Å². The first kappa shape index (κ1) is 9.16. The molecule has 3 atom stereocenters. The molecule has 2 bridgehead atoms. The maximum atomic E-state index is 5.88. The molecule has 15 heavy (non-hydrogen) atoms. The molecule has 0 aromatic carbocycles. The van der Waals surface area contributed by atoms with E-state index >= 15 is 0 Å². The van der Waals surface area contributed by atoms with Crippen LogP contribution < -0.4 is 10.1 Å². The van der Waals surface area contributed by atoms with Crippen LogP contribution in [0.25, 0.3) is 0 Å². The Morgan fingerprint density at radius 1 is 1.20 bits per heavy atom. The SMILES string of the molecule is c1ccc(OC2CC3CC[C@H](C2)N3)nc1. The summed E-state index contributed by atoms with van der Waals surface area (Å²) in [6.45, 7) is 0. The van der Waals surface area contributed by atoms with Gasteiger partial charge in [0.25, 0.3) is 0 Å². The lowest BCUT2D eigenvalue weighted by Gasteiger charge is -2.29. The molecule has 0 spiro atoms. The highest BCUT2D eigenvalue weighted by Gasteiger charge is 2.34. The van der Waals surface area contributed by atoms with Crippen molar-refractivity contribution in [2.45, 2.75) is 43.9 Å². The Hall–Kier alpha value is -1.09. The zero-order chi connectivity index (χ0) is 10.1. The Morgan fingerprint density at radius 2 is 2.00 bits per heavy atom. The molecule has 1 N–H and O–H groups in total. The summed E-state index contributed by atoms with van der Waals surface area (Å²) in [4.78, 5) is 4.20. The standard InChI is InChI=1S/C12H16N2O/c1-2-6-13-12(3-1)15-11-7-9-4-5-10(8-11)14-9/h1-3,6,9-11,14H,4-5,7-8H2/t9-,10?,11?/m1/s1. The van der Waals surface area contributed by atoms with Crippen LogP contribution >= 0.6 is 0 Å². The van der Waals surface area contributed by atoms with Gasteiger partial charge >= 0.3 is 0 Å². The summed E-state index contributed by atoms with van der Waals surface area (Å²) >= 11 is 0. The Balaban J connectivity index is 1.65. The molecule has 80 valence electrons. The van der Waals surface area contributed by atoms with Gasteiger partial charge in [-0.1, -0.05) is 6.07 Å². The van der Waals surface area contributed by atoms with Crippen molar-refractivity contribution in [1.82, 2.24) is 10.3 Å². The number of nitrogens with zero attached hydrogens (tertiary/aromatic N) is 1. The van der Waals surface area contributed by atoms with Crippen molar-refractivity contribution in [3.8, 4) is 5.88 Å². The van der Waals surface area contributed by atoms with E-state index in [2.05, 4.69) is 10.3 Å². The second kappa shape index (κ2) is 3.81. The summed E-state index contributed by atoms with van der Waals surface area (Å²) in [5.74, 6) is 0.767. The highest BCUT2D eigenvalue weighted by molar-refractivity contribution is 5.10. The molecule has 3 rings (SSSR count). The molecule has 0 radical (unpaired) electrons. The summed E-state index contributed by atoms with van der Waals surface area (Å²) in [6.07, 6.45) is 7.03. The number of hydrogen-bond acceptors (Lipinski definition) is 3. The number of fused-ring (bicyclic) bond motifs is 2. The molecule has 1 aromatic rings. The lowest BCUT2D eigenvalue weighted by molar-refractivity contribution is 0.132. The maximum absolute atomic E-state index is 5.88. The molecular weight excluding hydrogens is 188 g/mol. The predicted octanol–water partition coefficient (Wildman–Crippen LogP) is 1.74. The summed E-state index contributed by atoms with van der Waals surface area (Å²) in [7, 11) is 0. The Bertz CT molecular complexity index is 316. The van der Waals surface area contributed by atoms with Gasteiger partial charge in [0, 0.05) is 24.3 Å². The molecule has 0 saturated carbocycles. The second-order valence-electron chi connectivity index (χ2n) is 4.52. The van der Waals surface area contributed by atoms with Crippen molar-refractivity contribution in [2.75, 3.05) is 0 Å². The van der Waals surface area contributed by atoms with E-state index in [9.17, 15) is 0 Å². The molecule has 2 aliphatic heterocycles. The number of piperidine rings is 1. The summed E-state index contributed by atoms with van der Waals surface area (Å²) in [5.41, 5.74) is 0. The van der Waals surface area contributed by atoms with Crippen LogP contribution in [0.15, 0.2) is 24.4 Å². The quantitative estimate of drug-likeness (QED) is 0.796. The highest BCUT2D eigenvalue weighted by atomic mass is 16.5. The van der Waals surface area contributed by atoms with E-state index in [0.717, 1.165) is 18.7 Å². The molecule has 0 amide bonds. The van der Waals surface area contributed by atoms with Gasteiger partial charge in [0.05, 0.1) is 0 Å². The Labute approximate surface area is 89.9 Å². The number of nitrogens with one attached hydrogen (secondary N) is 1. The van der Waals surface area contributed by atoms with Gasteiger partial charge in [0.1, 0.15) is 6.10 Å². The monoisotopic (exact) mass is 204 g/mol. The van der Waals surface area contributed by atoms with Crippen LogP contribution in [0.1, 0.15) is 25.7 Å². The first-order valence-electron chi connectivity index (χ1n) is 5.74. The summed E-state index contributed by atoms with van der Waals surface area (Å²) in [6, 6.07) is 7.18. The van der Waals surface area contributed by atoms with Crippen LogP contribution in [-0.2, 0) is 0 Å². The number of aromatic nitrogens is 1. The van der Waals surface area contributed by atoms with Gasteiger partial charge in [-0.15, -0.1) is 0 Å². The van der Waals surface area contributed by atoms with E-state index in [1.165, 1.54) is 12.8 Å². The molecule has 2 fully saturated rings. The van der Waals surface area contributed by atoms with Gasteiger partial charge in [-0.2, -0.15) is 0 Å². The van der Waals surface area contributed by atoms with Crippen LogP contribution in [0, 0.1) is 0 Å². The fraction of sp³-hybridized carbons (Fsp3) is 0.583. The Kier molecular flexibility index (Phi) is 2.33. The van der Waals surface area contributed by atoms with Crippen LogP contribution in [-0.4, -0.2) is 23.2 Å². The molecule has 3 heterocycles. The van der Waals surface area contributed by atoms with Crippen molar-refractivity contribution in [2.24, 2.45) is 0 Å².